The Labute approximate surface area is 116 Å². The van der Waals surface area contributed by atoms with E-state index in [-0.39, 0.29) is 6.61 Å². The molecule has 5 heteroatoms. The van der Waals surface area contributed by atoms with Crippen molar-refractivity contribution in [3.63, 3.8) is 0 Å². The molecule has 0 radical (unpaired) electrons. The fraction of sp³-hybridized carbons (Fsp3) is 0.214. The van der Waals surface area contributed by atoms with Crippen LogP contribution >= 0.6 is 11.6 Å². The van der Waals surface area contributed by atoms with Gasteiger partial charge in [-0.1, -0.05) is 17.7 Å². The van der Waals surface area contributed by atoms with Gasteiger partial charge in [-0.25, -0.2) is 4.39 Å². The Bertz CT molecular complexity index is 562. The molecular weight excluding hydrogens is 267 g/mol. The summed E-state index contributed by atoms with van der Waals surface area (Å²) in [6.45, 7) is 1.60. The number of anilines is 1. The van der Waals surface area contributed by atoms with E-state index in [0.717, 1.165) is 11.9 Å². The molecule has 2 N–H and O–H groups in total. The summed E-state index contributed by atoms with van der Waals surface area (Å²) in [4.78, 5) is 4.01. The molecule has 0 aliphatic rings. The number of aliphatic hydroxyl groups excluding tert-OH is 1. The lowest BCUT2D eigenvalue weighted by Gasteiger charge is -2.29. The molecule has 100 valence electrons. The van der Waals surface area contributed by atoms with Gasteiger partial charge in [0.05, 0.1) is 24.0 Å². The molecule has 2 rings (SSSR count). The van der Waals surface area contributed by atoms with Crippen LogP contribution in [0, 0.1) is 5.82 Å². The van der Waals surface area contributed by atoms with Crippen LogP contribution in [0.25, 0.3) is 0 Å². The van der Waals surface area contributed by atoms with Gasteiger partial charge >= 0.3 is 0 Å². The summed E-state index contributed by atoms with van der Waals surface area (Å²) < 4.78 is 12.9. The van der Waals surface area contributed by atoms with Gasteiger partial charge in [-0.2, -0.15) is 0 Å². The van der Waals surface area contributed by atoms with Crippen molar-refractivity contribution < 1.29 is 9.50 Å². The van der Waals surface area contributed by atoms with Crippen molar-refractivity contribution in [3.05, 3.63) is 59.1 Å². The van der Waals surface area contributed by atoms with E-state index in [1.54, 1.807) is 31.2 Å². The van der Waals surface area contributed by atoms with Crippen LogP contribution in [0.3, 0.4) is 0 Å². The highest BCUT2D eigenvalue weighted by Crippen LogP contribution is 2.25. The molecule has 0 aliphatic carbocycles. The van der Waals surface area contributed by atoms with Gasteiger partial charge < -0.3 is 10.4 Å². The molecule has 1 atom stereocenters. The molecule has 0 saturated carbocycles. The first-order chi connectivity index (χ1) is 9.03. The molecule has 1 unspecified atom stereocenters. The van der Waals surface area contributed by atoms with Crippen LogP contribution in [0.15, 0.2) is 42.6 Å². The summed E-state index contributed by atoms with van der Waals surface area (Å²) >= 11 is 5.92. The van der Waals surface area contributed by atoms with Crippen LogP contribution in [0.1, 0.15) is 12.6 Å². The molecule has 0 bridgehead atoms. The standard InChI is InChI=1S/C14H14ClFN2O/c1-14(9-19,13-6-5-11(16)8-17-13)18-12-4-2-3-10(15)7-12/h2-8,18-19H,9H2,1H3. The smallest absolute Gasteiger partial charge is 0.141 e. The number of rotatable bonds is 4. The summed E-state index contributed by atoms with van der Waals surface area (Å²) in [7, 11) is 0. The predicted molar refractivity (Wildman–Crippen MR) is 73.7 cm³/mol. The van der Waals surface area contributed by atoms with Gasteiger partial charge in [-0.15, -0.1) is 0 Å². The van der Waals surface area contributed by atoms with E-state index >= 15 is 0 Å². The summed E-state index contributed by atoms with van der Waals surface area (Å²) in [6.07, 6.45) is 1.13. The number of benzene rings is 1. The van der Waals surface area contributed by atoms with Gasteiger partial charge in [0.15, 0.2) is 0 Å². The Morgan fingerprint density at radius 2 is 2.16 bits per heavy atom. The second-order valence-corrected chi connectivity index (χ2v) is 4.92. The average Bonchev–Trinajstić information content (AvgIpc) is 2.39. The normalized spacial score (nSPS) is 13.9. The third kappa shape index (κ3) is 3.22. The van der Waals surface area contributed by atoms with Crippen LogP contribution in [0.4, 0.5) is 10.1 Å². The molecule has 1 heterocycles. The van der Waals surface area contributed by atoms with E-state index in [2.05, 4.69) is 10.3 Å². The molecule has 1 aromatic carbocycles. The highest BCUT2D eigenvalue weighted by molar-refractivity contribution is 6.30. The largest absolute Gasteiger partial charge is 0.394 e. The van der Waals surface area contributed by atoms with E-state index in [0.29, 0.717) is 10.7 Å². The molecule has 0 fully saturated rings. The first-order valence-corrected chi connectivity index (χ1v) is 6.18. The number of aromatic nitrogens is 1. The monoisotopic (exact) mass is 280 g/mol. The molecule has 3 nitrogen and oxygen atoms in total. The Morgan fingerprint density at radius 1 is 1.37 bits per heavy atom. The van der Waals surface area contributed by atoms with Gasteiger partial charge in [0, 0.05) is 10.7 Å². The molecule has 1 aromatic heterocycles. The van der Waals surface area contributed by atoms with E-state index in [9.17, 15) is 9.50 Å². The molecule has 0 spiro atoms. The van der Waals surface area contributed by atoms with Crippen LogP contribution in [-0.2, 0) is 5.54 Å². The van der Waals surface area contributed by atoms with Gasteiger partial charge in [-0.05, 0) is 37.3 Å². The van der Waals surface area contributed by atoms with E-state index in [4.69, 9.17) is 11.6 Å². The van der Waals surface area contributed by atoms with Crippen molar-refractivity contribution in [1.29, 1.82) is 0 Å². The minimum absolute atomic E-state index is 0.182. The van der Waals surface area contributed by atoms with Crippen LogP contribution in [0.5, 0.6) is 0 Å². The zero-order valence-electron chi connectivity index (χ0n) is 10.4. The molecule has 0 saturated heterocycles. The maximum Gasteiger partial charge on any atom is 0.141 e. The van der Waals surface area contributed by atoms with E-state index in [1.807, 2.05) is 6.07 Å². The van der Waals surface area contributed by atoms with Crippen molar-refractivity contribution >= 4 is 17.3 Å². The molecular formula is C14H14ClFN2O. The summed E-state index contributed by atoms with van der Waals surface area (Å²) in [6, 6.07) is 10.0. The molecule has 19 heavy (non-hydrogen) atoms. The zero-order chi connectivity index (χ0) is 13.9. The van der Waals surface area contributed by atoms with Crippen LogP contribution in [-0.4, -0.2) is 16.7 Å². The summed E-state index contributed by atoms with van der Waals surface area (Å²) in [5.74, 6) is -0.410. The highest BCUT2D eigenvalue weighted by Gasteiger charge is 2.27. The van der Waals surface area contributed by atoms with Crippen molar-refractivity contribution in [2.45, 2.75) is 12.5 Å². The fourth-order valence-corrected chi connectivity index (χ4v) is 1.96. The van der Waals surface area contributed by atoms with Crippen LogP contribution in [0.2, 0.25) is 5.02 Å². The number of pyridine rings is 1. The third-order valence-electron chi connectivity index (χ3n) is 2.85. The minimum atomic E-state index is -0.807. The van der Waals surface area contributed by atoms with Gasteiger partial charge in [0.2, 0.25) is 0 Å². The Balaban J connectivity index is 2.29. The van der Waals surface area contributed by atoms with Gasteiger partial charge in [-0.3, -0.25) is 4.98 Å². The number of halogens is 2. The second kappa shape index (κ2) is 5.55. The summed E-state index contributed by atoms with van der Waals surface area (Å²) in [5, 5.41) is 13.4. The van der Waals surface area contributed by atoms with Crippen molar-refractivity contribution in [1.82, 2.24) is 4.98 Å². The second-order valence-electron chi connectivity index (χ2n) is 4.49. The number of nitrogens with zero attached hydrogens (tertiary/aromatic N) is 1. The van der Waals surface area contributed by atoms with Gasteiger partial charge in [0.1, 0.15) is 5.82 Å². The maximum atomic E-state index is 12.9. The Kier molecular flexibility index (Phi) is 4.02. The van der Waals surface area contributed by atoms with Crippen molar-refractivity contribution in [2.75, 3.05) is 11.9 Å². The van der Waals surface area contributed by atoms with Gasteiger partial charge in [0.25, 0.3) is 0 Å². The molecule has 2 aromatic rings. The van der Waals surface area contributed by atoms with Crippen molar-refractivity contribution in [2.24, 2.45) is 0 Å². The summed E-state index contributed by atoms with van der Waals surface area (Å²) in [5.41, 5.74) is 0.504. The Morgan fingerprint density at radius 3 is 2.74 bits per heavy atom. The Hall–Kier alpha value is -1.65. The number of aliphatic hydroxyl groups is 1. The first-order valence-electron chi connectivity index (χ1n) is 5.80. The van der Waals surface area contributed by atoms with Crippen molar-refractivity contribution in [3.8, 4) is 0 Å². The third-order valence-corrected chi connectivity index (χ3v) is 3.09. The molecule has 0 aliphatic heterocycles. The van der Waals surface area contributed by atoms with Crippen LogP contribution < -0.4 is 5.32 Å². The van der Waals surface area contributed by atoms with E-state index < -0.39 is 11.4 Å². The average molecular weight is 281 g/mol. The lowest BCUT2D eigenvalue weighted by Crippen LogP contribution is -2.36. The minimum Gasteiger partial charge on any atom is -0.394 e. The predicted octanol–water partition coefficient (Wildman–Crippen LogP) is 3.19. The zero-order valence-corrected chi connectivity index (χ0v) is 11.2. The fourth-order valence-electron chi connectivity index (χ4n) is 1.77. The molecule has 0 amide bonds. The SMILES string of the molecule is CC(CO)(Nc1cccc(Cl)c1)c1ccc(F)cn1. The number of hydrogen-bond donors (Lipinski definition) is 2. The first kappa shape index (κ1) is 13.8. The maximum absolute atomic E-state index is 12.9. The number of hydrogen-bond acceptors (Lipinski definition) is 3. The lowest BCUT2D eigenvalue weighted by molar-refractivity contribution is 0.221. The number of nitrogens with one attached hydrogen (secondary N) is 1. The van der Waals surface area contributed by atoms with E-state index in [1.165, 1.54) is 6.07 Å². The topological polar surface area (TPSA) is 45.1 Å². The highest BCUT2D eigenvalue weighted by atomic mass is 35.5. The quantitative estimate of drug-likeness (QED) is 0.904. The lowest BCUT2D eigenvalue weighted by atomic mass is 9.97.